The molecule has 1 heterocycles. The second-order valence-electron chi connectivity index (χ2n) is 6.61. The Balaban J connectivity index is 1.76. The van der Waals surface area contributed by atoms with Crippen LogP contribution >= 0.6 is 0 Å². The zero-order valence-corrected chi connectivity index (χ0v) is 14.6. The Kier molecular flexibility index (Phi) is 5.49. The highest BCUT2D eigenvalue weighted by Gasteiger charge is 2.28. The van der Waals surface area contributed by atoms with E-state index in [9.17, 15) is 9.59 Å². The zero-order chi connectivity index (χ0) is 17.6. The topological polar surface area (TPSA) is 49.4 Å². The van der Waals surface area contributed by atoms with E-state index in [1.54, 1.807) is 12.1 Å². The van der Waals surface area contributed by atoms with Gasteiger partial charge in [-0.3, -0.25) is 9.59 Å². The third-order valence-corrected chi connectivity index (χ3v) is 4.62. The number of aryl methyl sites for hydroxylation is 1. The maximum atomic E-state index is 12.9. The molecule has 0 unspecified atom stereocenters. The molecule has 1 aliphatic heterocycles. The lowest BCUT2D eigenvalue weighted by Crippen LogP contribution is -2.49. The number of carbonyl (C=O) groups excluding carboxylic acids is 2. The quantitative estimate of drug-likeness (QED) is 0.912. The molecule has 2 amide bonds. The summed E-state index contributed by atoms with van der Waals surface area (Å²) in [5, 5.41) is 2.95. The van der Waals surface area contributed by atoms with Gasteiger partial charge in [0.25, 0.3) is 5.91 Å². The molecule has 0 bridgehead atoms. The van der Waals surface area contributed by atoms with Crippen LogP contribution in [0.15, 0.2) is 54.6 Å². The molecule has 25 heavy (non-hydrogen) atoms. The predicted octanol–water partition coefficient (Wildman–Crippen LogP) is 2.96. The van der Waals surface area contributed by atoms with E-state index >= 15 is 0 Å². The van der Waals surface area contributed by atoms with Crippen molar-refractivity contribution in [2.24, 2.45) is 0 Å². The molecule has 2 aromatic carbocycles. The summed E-state index contributed by atoms with van der Waals surface area (Å²) in [4.78, 5) is 27.3. The number of rotatable bonds is 5. The summed E-state index contributed by atoms with van der Waals surface area (Å²) in [7, 11) is 0. The first-order valence-corrected chi connectivity index (χ1v) is 8.84. The molecule has 1 aliphatic rings. The molecule has 2 aromatic rings. The van der Waals surface area contributed by atoms with E-state index in [-0.39, 0.29) is 11.8 Å². The normalized spacial score (nSPS) is 15.0. The van der Waals surface area contributed by atoms with Gasteiger partial charge in [0, 0.05) is 25.1 Å². The maximum Gasteiger partial charge on any atom is 0.251 e. The average molecular weight is 336 g/mol. The SMILES string of the molecule is Cc1ccc(C(=O)N[C@@H](Cc2ccccc2)C(=O)N2CCCC2)cc1. The Hall–Kier alpha value is -2.62. The van der Waals surface area contributed by atoms with E-state index in [2.05, 4.69) is 5.32 Å². The molecule has 0 aliphatic carbocycles. The van der Waals surface area contributed by atoms with Gasteiger partial charge >= 0.3 is 0 Å². The largest absolute Gasteiger partial charge is 0.341 e. The summed E-state index contributed by atoms with van der Waals surface area (Å²) in [6.07, 6.45) is 2.58. The molecular weight excluding hydrogens is 312 g/mol. The van der Waals surface area contributed by atoms with Crippen molar-refractivity contribution in [2.45, 2.75) is 32.2 Å². The molecule has 1 saturated heterocycles. The van der Waals surface area contributed by atoms with Crippen LogP contribution in [0.2, 0.25) is 0 Å². The van der Waals surface area contributed by atoms with Crippen molar-refractivity contribution in [1.82, 2.24) is 10.2 Å². The standard InChI is InChI=1S/C21H24N2O2/c1-16-9-11-18(12-10-16)20(24)22-19(15-17-7-3-2-4-8-17)21(25)23-13-5-6-14-23/h2-4,7-12,19H,5-6,13-15H2,1H3,(H,22,24)/t19-/m0/s1. The molecule has 0 aromatic heterocycles. The third-order valence-electron chi connectivity index (χ3n) is 4.62. The Bertz CT molecular complexity index is 719. The number of benzene rings is 2. The molecule has 4 heteroatoms. The Morgan fingerprint density at radius 3 is 2.28 bits per heavy atom. The minimum Gasteiger partial charge on any atom is -0.341 e. The molecule has 0 spiro atoms. The van der Waals surface area contributed by atoms with Gasteiger partial charge in [-0.25, -0.2) is 0 Å². The monoisotopic (exact) mass is 336 g/mol. The molecule has 3 rings (SSSR count). The van der Waals surface area contributed by atoms with Gasteiger partial charge in [-0.05, 0) is 37.5 Å². The van der Waals surface area contributed by atoms with Crippen LogP contribution in [0, 0.1) is 6.92 Å². The Labute approximate surface area is 148 Å². The van der Waals surface area contributed by atoms with E-state index in [4.69, 9.17) is 0 Å². The molecule has 1 fully saturated rings. The number of nitrogens with zero attached hydrogens (tertiary/aromatic N) is 1. The summed E-state index contributed by atoms with van der Waals surface area (Å²) in [6, 6.07) is 16.7. The Morgan fingerprint density at radius 2 is 1.64 bits per heavy atom. The predicted molar refractivity (Wildman–Crippen MR) is 98.4 cm³/mol. The van der Waals surface area contributed by atoms with Crippen LogP contribution in [0.4, 0.5) is 0 Å². The van der Waals surface area contributed by atoms with Crippen LogP contribution < -0.4 is 5.32 Å². The summed E-state index contributed by atoms with van der Waals surface area (Å²) in [5.74, 6) is -0.185. The van der Waals surface area contributed by atoms with Crippen molar-refractivity contribution >= 4 is 11.8 Å². The lowest BCUT2D eigenvalue weighted by Gasteiger charge is -2.24. The van der Waals surface area contributed by atoms with E-state index in [0.29, 0.717) is 12.0 Å². The van der Waals surface area contributed by atoms with Crippen molar-refractivity contribution in [3.63, 3.8) is 0 Å². The van der Waals surface area contributed by atoms with E-state index in [1.165, 1.54) is 0 Å². The number of hydrogen-bond acceptors (Lipinski definition) is 2. The molecule has 4 nitrogen and oxygen atoms in total. The highest BCUT2D eigenvalue weighted by molar-refractivity contribution is 5.97. The fourth-order valence-corrected chi connectivity index (χ4v) is 3.15. The van der Waals surface area contributed by atoms with Crippen molar-refractivity contribution in [1.29, 1.82) is 0 Å². The lowest BCUT2D eigenvalue weighted by molar-refractivity contribution is -0.132. The van der Waals surface area contributed by atoms with Crippen molar-refractivity contribution in [2.75, 3.05) is 13.1 Å². The number of hydrogen-bond donors (Lipinski definition) is 1. The van der Waals surface area contributed by atoms with E-state index in [0.717, 1.165) is 37.1 Å². The fourth-order valence-electron chi connectivity index (χ4n) is 3.15. The molecule has 0 radical (unpaired) electrons. The molecular formula is C21H24N2O2. The number of amides is 2. The summed E-state index contributed by atoms with van der Waals surface area (Å²) in [6.45, 7) is 3.55. The van der Waals surface area contributed by atoms with Gasteiger partial charge in [-0.2, -0.15) is 0 Å². The Morgan fingerprint density at radius 1 is 1.00 bits per heavy atom. The first-order valence-electron chi connectivity index (χ1n) is 8.84. The molecule has 1 N–H and O–H groups in total. The van der Waals surface area contributed by atoms with Gasteiger partial charge in [-0.1, -0.05) is 48.0 Å². The summed E-state index contributed by atoms with van der Waals surface area (Å²) >= 11 is 0. The van der Waals surface area contributed by atoms with Crippen LogP contribution in [-0.4, -0.2) is 35.8 Å². The third kappa shape index (κ3) is 4.47. The van der Waals surface area contributed by atoms with Crippen LogP contribution in [0.5, 0.6) is 0 Å². The van der Waals surface area contributed by atoms with Gasteiger partial charge in [0.15, 0.2) is 0 Å². The second-order valence-corrected chi connectivity index (χ2v) is 6.61. The number of likely N-dealkylation sites (tertiary alicyclic amines) is 1. The molecule has 1 atom stereocenters. The summed E-state index contributed by atoms with van der Waals surface area (Å²) < 4.78 is 0. The molecule has 130 valence electrons. The minimum atomic E-state index is -0.533. The maximum absolute atomic E-state index is 12.9. The van der Waals surface area contributed by atoms with Gasteiger partial charge in [0.05, 0.1) is 0 Å². The zero-order valence-electron chi connectivity index (χ0n) is 14.6. The second kappa shape index (κ2) is 7.97. The van der Waals surface area contributed by atoms with Crippen molar-refractivity contribution < 1.29 is 9.59 Å². The van der Waals surface area contributed by atoms with E-state index < -0.39 is 6.04 Å². The minimum absolute atomic E-state index is 0.0156. The summed E-state index contributed by atoms with van der Waals surface area (Å²) in [5.41, 5.74) is 2.73. The smallest absolute Gasteiger partial charge is 0.251 e. The highest BCUT2D eigenvalue weighted by atomic mass is 16.2. The van der Waals surface area contributed by atoms with E-state index in [1.807, 2.05) is 54.3 Å². The van der Waals surface area contributed by atoms with Gasteiger partial charge < -0.3 is 10.2 Å². The van der Waals surface area contributed by atoms with Crippen LogP contribution in [0.25, 0.3) is 0 Å². The fraction of sp³-hybridized carbons (Fsp3) is 0.333. The van der Waals surface area contributed by atoms with Crippen LogP contribution in [0.1, 0.15) is 34.3 Å². The van der Waals surface area contributed by atoms with Crippen LogP contribution in [-0.2, 0) is 11.2 Å². The van der Waals surface area contributed by atoms with Gasteiger partial charge in [0.2, 0.25) is 5.91 Å². The number of carbonyl (C=O) groups is 2. The molecule has 0 saturated carbocycles. The number of nitrogens with one attached hydrogen (secondary N) is 1. The van der Waals surface area contributed by atoms with Gasteiger partial charge in [0.1, 0.15) is 6.04 Å². The van der Waals surface area contributed by atoms with Crippen molar-refractivity contribution in [3.8, 4) is 0 Å². The first-order chi connectivity index (χ1) is 12.1. The van der Waals surface area contributed by atoms with Crippen LogP contribution in [0.3, 0.4) is 0 Å². The average Bonchev–Trinajstić information content (AvgIpc) is 3.16. The van der Waals surface area contributed by atoms with Crippen molar-refractivity contribution in [3.05, 3.63) is 71.3 Å². The lowest BCUT2D eigenvalue weighted by atomic mass is 10.0. The first kappa shape index (κ1) is 17.2. The highest BCUT2D eigenvalue weighted by Crippen LogP contribution is 2.13. The van der Waals surface area contributed by atoms with Gasteiger partial charge in [-0.15, -0.1) is 0 Å².